The molecule has 5 nitrogen and oxygen atoms in total. The number of sulfone groups is 1. The molecule has 0 bridgehead atoms. The first-order valence-corrected chi connectivity index (χ1v) is 10.7. The van der Waals surface area contributed by atoms with Gasteiger partial charge in [-0.1, -0.05) is 17.7 Å². The molecule has 1 aromatic heterocycles. The monoisotopic (exact) mass is 421 g/mol. The van der Waals surface area contributed by atoms with E-state index in [2.05, 4.69) is 15.3 Å². The fourth-order valence-corrected chi connectivity index (χ4v) is 3.84. The van der Waals surface area contributed by atoms with Crippen molar-refractivity contribution in [3.63, 3.8) is 0 Å². The molecule has 2 N–H and O–H groups in total. The van der Waals surface area contributed by atoms with Crippen molar-refractivity contribution < 1.29 is 21.6 Å². The molecule has 1 fully saturated rings. The summed E-state index contributed by atoms with van der Waals surface area (Å²) in [6, 6.07) is 3.25. The maximum absolute atomic E-state index is 13.5. The highest BCUT2D eigenvalue weighted by Crippen LogP contribution is 2.35. The Bertz CT molecular complexity index is 923. The highest BCUT2D eigenvalue weighted by atomic mass is 35.5. The van der Waals surface area contributed by atoms with E-state index in [1.807, 2.05) is 0 Å². The van der Waals surface area contributed by atoms with Crippen LogP contribution in [-0.4, -0.2) is 36.6 Å². The van der Waals surface area contributed by atoms with Gasteiger partial charge in [0.1, 0.15) is 11.6 Å². The molecule has 1 aliphatic carbocycles. The van der Waals surface area contributed by atoms with Crippen molar-refractivity contribution in [3.05, 3.63) is 46.6 Å². The second-order valence-electron chi connectivity index (χ2n) is 6.81. The molecule has 27 heavy (non-hydrogen) atoms. The van der Waals surface area contributed by atoms with Gasteiger partial charge in [-0.25, -0.2) is 26.6 Å². The van der Waals surface area contributed by atoms with Crippen molar-refractivity contribution >= 4 is 21.4 Å². The number of halogens is 4. The number of benzene rings is 1. The van der Waals surface area contributed by atoms with Crippen LogP contribution in [0.4, 0.5) is 13.2 Å². The van der Waals surface area contributed by atoms with Crippen LogP contribution in [0.3, 0.4) is 0 Å². The number of imidazole rings is 1. The summed E-state index contributed by atoms with van der Waals surface area (Å²) in [4.78, 5) is 6.87. The topological polar surface area (TPSA) is 74.8 Å². The Morgan fingerprint density at radius 1 is 1.33 bits per heavy atom. The summed E-state index contributed by atoms with van der Waals surface area (Å²) in [5, 5.41) is 3.08. The molecule has 1 aliphatic rings. The van der Waals surface area contributed by atoms with E-state index in [-0.39, 0.29) is 47.6 Å². The summed E-state index contributed by atoms with van der Waals surface area (Å²) in [5.74, 6) is -2.97. The first-order chi connectivity index (χ1) is 12.5. The molecule has 0 spiro atoms. The van der Waals surface area contributed by atoms with Crippen molar-refractivity contribution in [3.8, 4) is 0 Å². The molecule has 148 valence electrons. The van der Waals surface area contributed by atoms with Gasteiger partial charge >= 0.3 is 0 Å². The number of nitrogens with one attached hydrogen (secondary N) is 2. The molecule has 0 aliphatic heterocycles. The van der Waals surface area contributed by atoms with Crippen LogP contribution in [0.1, 0.15) is 43.1 Å². The van der Waals surface area contributed by atoms with Gasteiger partial charge in [-0.15, -0.1) is 0 Å². The molecular formula is C17H19ClF3N3O2S. The van der Waals surface area contributed by atoms with E-state index in [4.69, 9.17) is 11.6 Å². The standard InChI is InChI=1S/C17H19ClF3N3O2S/c1-27(25,26)14-9-22-16(24-14)15(10-2-3-13(19)12(18)8-10)23-11-4-6-17(20,21)7-5-11/h2-3,8-9,11,15,23H,4-7H2,1H3,(H,22,24). The maximum atomic E-state index is 13.5. The van der Waals surface area contributed by atoms with Crippen LogP contribution in [-0.2, 0) is 9.84 Å². The number of rotatable bonds is 5. The van der Waals surface area contributed by atoms with Crippen LogP contribution in [0.2, 0.25) is 5.02 Å². The zero-order valence-corrected chi connectivity index (χ0v) is 16.0. The number of nitrogens with zero attached hydrogens (tertiary/aromatic N) is 1. The largest absolute Gasteiger partial charge is 0.331 e. The van der Waals surface area contributed by atoms with E-state index in [0.29, 0.717) is 5.56 Å². The fraction of sp³-hybridized carbons (Fsp3) is 0.471. The first kappa shape index (κ1) is 20.2. The number of H-pyrrole nitrogens is 1. The number of aromatic nitrogens is 2. The quantitative estimate of drug-likeness (QED) is 0.768. The van der Waals surface area contributed by atoms with Gasteiger partial charge in [0.05, 0.1) is 17.3 Å². The molecule has 0 amide bonds. The molecule has 1 aromatic carbocycles. The molecule has 10 heteroatoms. The average Bonchev–Trinajstić information content (AvgIpc) is 3.07. The highest BCUT2D eigenvalue weighted by molar-refractivity contribution is 7.90. The Hall–Kier alpha value is -1.58. The predicted octanol–water partition coefficient (Wildman–Crippen LogP) is 3.86. The van der Waals surface area contributed by atoms with E-state index in [9.17, 15) is 21.6 Å². The third kappa shape index (κ3) is 4.83. The van der Waals surface area contributed by atoms with Crippen molar-refractivity contribution in [2.75, 3.05) is 6.26 Å². The molecule has 1 heterocycles. The van der Waals surface area contributed by atoms with E-state index >= 15 is 0 Å². The highest BCUT2D eigenvalue weighted by Gasteiger charge is 2.36. The summed E-state index contributed by atoms with van der Waals surface area (Å²) in [7, 11) is -3.49. The van der Waals surface area contributed by atoms with E-state index < -0.39 is 27.6 Å². The lowest BCUT2D eigenvalue weighted by Gasteiger charge is -2.31. The van der Waals surface area contributed by atoms with Gasteiger partial charge in [0.2, 0.25) is 5.92 Å². The van der Waals surface area contributed by atoms with Crippen LogP contribution >= 0.6 is 11.6 Å². The van der Waals surface area contributed by atoms with Gasteiger partial charge in [0, 0.05) is 25.1 Å². The maximum Gasteiger partial charge on any atom is 0.248 e. The number of aromatic amines is 1. The van der Waals surface area contributed by atoms with Crippen LogP contribution in [0, 0.1) is 5.82 Å². The second-order valence-corrected chi connectivity index (χ2v) is 9.20. The molecule has 1 saturated carbocycles. The summed E-state index contributed by atoms with van der Waals surface area (Å²) < 4.78 is 63.8. The molecule has 3 rings (SSSR count). The molecule has 0 radical (unpaired) electrons. The van der Waals surface area contributed by atoms with E-state index in [1.54, 1.807) is 0 Å². The zero-order valence-electron chi connectivity index (χ0n) is 14.5. The van der Waals surface area contributed by atoms with Crippen molar-refractivity contribution in [2.45, 2.75) is 48.7 Å². The van der Waals surface area contributed by atoms with E-state index in [0.717, 1.165) is 6.26 Å². The number of hydrogen-bond donors (Lipinski definition) is 2. The van der Waals surface area contributed by atoms with Gasteiger partial charge in [0.15, 0.2) is 14.9 Å². The molecule has 1 atom stereocenters. The van der Waals surface area contributed by atoms with Gasteiger partial charge in [-0.3, -0.25) is 0 Å². The van der Waals surface area contributed by atoms with Crippen LogP contribution in [0.5, 0.6) is 0 Å². The van der Waals surface area contributed by atoms with Crippen molar-refractivity contribution in [1.29, 1.82) is 0 Å². The van der Waals surface area contributed by atoms with Crippen molar-refractivity contribution in [2.24, 2.45) is 0 Å². The van der Waals surface area contributed by atoms with Gasteiger partial charge < -0.3 is 10.3 Å². The predicted molar refractivity (Wildman–Crippen MR) is 95.3 cm³/mol. The van der Waals surface area contributed by atoms with Crippen molar-refractivity contribution in [1.82, 2.24) is 15.3 Å². The summed E-state index contributed by atoms with van der Waals surface area (Å²) >= 11 is 5.87. The minimum atomic E-state index is -3.49. The Kier molecular flexibility index (Phi) is 5.56. The first-order valence-electron chi connectivity index (χ1n) is 8.39. The lowest BCUT2D eigenvalue weighted by Crippen LogP contribution is -2.39. The Labute approximate surface area is 160 Å². The average molecular weight is 422 g/mol. The summed E-state index contributed by atoms with van der Waals surface area (Å²) in [6.07, 6.45) is 2.31. The smallest absolute Gasteiger partial charge is 0.248 e. The Balaban J connectivity index is 1.91. The summed E-state index contributed by atoms with van der Waals surface area (Å²) in [5.41, 5.74) is 0.549. The third-order valence-corrected chi connectivity index (χ3v) is 5.94. The minimum Gasteiger partial charge on any atom is -0.331 e. The summed E-state index contributed by atoms with van der Waals surface area (Å²) in [6.45, 7) is 0. The number of alkyl halides is 2. The van der Waals surface area contributed by atoms with Crippen LogP contribution in [0.25, 0.3) is 0 Å². The SMILES string of the molecule is CS(=O)(=O)c1cnc(C(NC2CCC(F)(F)CC2)c2ccc(F)c(Cl)c2)[nH]1. The van der Waals surface area contributed by atoms with Crippen LogP contribution in [0.15, 0.2) is 29.4 Å². The third-order valence-electron chi connectivity index (χ3n) is 4.64. The van der Waals surface area contributed by atoms with Gasteiger partial charge in [-0.2, -0.15) is 0 Å². The molecule has 0 saturated heterocycles. The lowest BCUT2D eigenvalue weighted by molar-refractivity contribution is -0.0410. The normalized spacial score (nSPS) is 19.1. The minimum absolute atomic E-state index is 0.0623. The number of hydrogen-bond acceptors (Lipinski definition) is 4. The van der Waals surface area contributed by atoms with Gasteiger partial charge in [0.25, 0.3) is 0 Å². The zero-order chi connectivity index (χ0) is 19.8. The van der Waals surface area contributed by atoms with Gasteiger partial charge in [-0.05, 0) is 30.5 Å². The van der Waals surface area contributed by atoms with E-state index in [1.165, 1.54) is 24.4 Å². The Morgan fingerprint density at radius 2 is 2.00 bits per heavy atom. The van der Waals surface area contributed by atoms with Crippen LogP contribution < -0.4 is 5.32 Å². The molecule has 1 unspecified atom stereocenters. The molecular weight excluding hydrogens is 403 g/mol. The molecule has 2 aromatic rings. The lowest BCUT2D eigenvalue weighted by atomic mass is 9.91. The Morgan fingerprint density at radius 3 is 2.56 bits per heavy atom. The fourth-order valence-electron chi connectivity index (χ4n) is 3.12. The second kappa shape index (κ2) is 7.44.